The Morgan fingerprint density at radius 1 is 1.41 bits per heavy atom. The number of ether oxygens (including phenoxy) is 1. The maximum atomic E-state index is 13.3. The van der Waals surface area contributed by atoms with Gasteiger partial charge in [-0.25, -0.2) is 4.39 Å². The highest BCUT2D eigenvalue weighted by molar-refractivity contribution is 5.40. The molecule has 1 saturated carbocycles. The highest BCUT2D eigenvalue weighted by Crippen LogP contribution is 2.37. The number of hydrogen-bond donors (Lipinski definition) is 1. The van der Waals surface area contributed by atoms with Gasteiger partial charge in [-0.15, -0.1) is 0 Å². The molecule has 0 aromatic heterocycles. The van der Waals surface area contributed by atoms with E-state index < -0.39 is 0 Å². The maximum absolute atomic E-state index is 13.3. The summed E-state index contributed by atoms with van der Waals surface area (Å²) in [6, 6.07) is 0. The van der Waals surface area contributed by atoms with Gasteiger partial charge in [0.1, 0.15) is 5.83 Å². The van der Waals surface area contributed by atoms with Gasteiger partial charge in [0.05, 0.1) is 6.10 Å². The van der Waals surface area contributed by atoms with Gasteiger partial charge in [-0.2, -0.15) is 0 Å². The Balaban J connectivity index is 0.000000372. The van der Waals surface area contributed by atoms with Gasteiger partial charge in [0, 0.05) is 13.7 Å². The highest BCUT2D eigenvalue weighted by atomic mass is 19.1. The van der Waals surface area contributed by atoms with Crippen LogP contribution in [0.2, 0.25) is 0 Å². The van der Waals surface area contributed by atoms with Crippen LogP contribution in [0.25, 0.3) is 0 Å². The molecule has 1 saturated heterocycles. The van der Waals surface area contributed by atoms with Gasteiger partial charge < -0.3 is 10.1 Å². The molecule has 22 heavy (non-hydrogen) atoms. The molecule has 0 aromatic rings. The summed E-state index contributed by atoms with van der Waals surface area (Å²) in [5, 5.41) is 3.20. The Labute approximate surface area is 136 Å². The molecule has 2 aliphatic rings. The molecule has 0 unspecified atom stereocenters. The minimum absolute atomic E-state index is 0.104. The van der Waals surface area contributed by atoms with Gasteiger partial charge in [-0.05, 0) is 55.9 Å². The monoisotopic (exact) mass is 311 g/mol. The molecular formula is C19H34FNO. The van der Waals surface area contributed by atoms with Crippen molar-refractivity contribution >= 4 is 0 Å². The van der Waals surface area contributed by atoms with E-state index in [1.165, 1.54) is 18.9 Å². The van der Waals surface area contributed by atoms with E-state index in [9.17, 15) is 4.39 Å². The van der Waals surface area contributed by atoms with Crippen molar-refractivity contribution in [1.82, 2.24) is 5.32 Å². The van der Waals surface area contributed by atoms with Crippen LogP contribution < -0.4 is 5.32 Å². The van der Waals surface area contributed by atoms with Crippen LogP contribution in [-0.2, 0) is 4.74 Å². The summed E-state index contributed by atoms with van der Waals surface area (Å²) in [6.45, 7) is 14.1. The first-order valence-corrected chi connectivity index (χ1v) is 8.45. The molecule has 2 fully saturated rings. The predicted molar refractivity (Wildman–Crippen MR) is 94.7 cm³/mol. The number of methoxy groups -OCH3 is 1. The summed E-state index contributed by atoms with van der Waals surface area (Å²) < 4.78 is 18.4. The standard InChI is InChI=1S/C11H15F.C5H11NO.C3H8/c1-4-5-10(12)11-8(2)6-7-9(11)3;1-7-5-2-3-6-4-5;1-3-2/h4-5,9H,2,6-7H2,1,3H3;5-6H,2-4H2,1H3;3H2,1-2H3/b5-4-,11-10-;;/t9-;5-;/m01./s1. The van der Waals surface area contributed by atoms with Gasteiger partial charge in [-0.1, -0.05) is 39.8 Å². The van der Waals surface area contributed by atoms with Crippen LogP contribution in [0.4, 0.5) is 4.39 Å². The van der Waals surface area contributed by atoms with E-state index in [0.29, 0.717) is 12.0 Å². The predicted octanol–water partition coefficient (Wildman–Crippen LogP) is 5.18. The number of halogens is 1. The number of rotatable bonds is 2. The second-order valence-electron chi connectivity index (χ2n) is 5.86. The van der Waals surface area contributed by atoms with Crippen molar-refractivity contribution in [3.05, 3.63) is 35.7 Å². The van der Waals surface area contributed by atoms with Crippen molar-refractivity contribution in [2.24, 2.45) is 5.92 Å². The fourth-order valence-corrected chi connectivity index (χ4v) is 2.49. The van der Waals surface area contributed by atoms with Crippen LogP contribution in [0, 0.1) is 5.92 Å². The van der Waals surface area contributed by atoms with Gasteiger partial charge in [0.15, 0.2) is 0 Å². The van der Waals surface area contributed by atoms with E-state index in [2.05, 4.69) is 32.7 Å². The van der Waals surface area contributed by atoms with Crippen LogP contribution in [-0.4, -0.2) is 26.3 Å². The Morgan fingerprint density at radius 2 is 2.05 bits per heavy atom. The van der Waals surface area contributed by atoms with Gasteiger partial charge in [0.2, 0.25) is 0 Å². The first-order chi connectivity index (χ1) is 10.5. The lowest BCUT2D eigenvalue weighted by Crippen LogP contribution is -2.14. The zero-order chi connectivity index (χ0) is 17.0. The third-order valence-corrected chi connectivity index (χ3v) is 3.67. The molecule has 1 aliphatic heterocycles. The minimum Gasteiger partial charge on any atom is -0.380 e. The SMILES string of the molecule is C=C1CC[C@H](C)/C1=C(F)/C=C\C.CCC.CO[C@@H]1CCNC1. The van der Waals surface area contributed by atoms with Gasteiger partial charge >= 0.3 is 0 Å². The van der Waals surface area contributed by atoms with E-state index in [1.54, 1.807) is 13.2 Å². The molecule has 0 spiro atoms. The largest absolute Gasteiger partial charge is 0.380 e. The molecule has 128 valence electrons. The summed E-state index contributed by atoms with van der Waals surface area (Å²) in [7, 11) is 1.76. The normalized spacial score (nSPS) is 26.4. The molecular weight excluding hydrogens is 277 g/mol. The summed E-state index contributed by atoms with van der Waals surface area (Å²) in [5.74, 6) is 0.237. The van der Waals surface area contributed by atoms with Crippen LogP contribution in [0.5, 0.6) is 0 Å². The lowest BCUT2D eigenvalue weighted by atomic mass is 10.0. The zero-order valence-electron chi connectivity index (χ0n) is 15.0. The van der Waals surface area contributed by atoms with E-state index in [1.807, 2.05) is 6.92 Å². The minimum atomic E-state index is -0.104. The lowest BCUT2D eigenvalue weighted by molar-refractivity contribution is 0.119. The molecule has 2 rings (SSSR count). The van der Waals surface area contributed by atoms with Gasteiger partial charge in [0.25, 0.3) is 0 Å². The summed E-state index contributed by atoms with van der Waals surface area (Å²) in [5.41, 5.74) is 1.80. The number of allylic oxidation sites excluding steroid dienone is 5. The second-order valence-corrected chi connectivity index (χ2v) is 5.86. The van der Waals surface area contributed by atoms with Crippen LogP contribution >= 0.6 is 0 Å². The molecule has 2 atom stereocenters. The Kier molecular flexibility index (Phi) is 12.1. The smallest absolute Gasteiger partial charge is 0.126 e. The van der Waals surface area contributed by atoms with E-state index in [-0.39, 0.29) is 5.83 Å². The Hall–Kier alpha value is -0.930. The molecule has 0 radical (unpaired) electrons. The Morgan fingerprint density at radius 3 is 2.36 bits per heavy atom. The first-order valence-electron chi connectivity index (χ1n) is 8.45. The van der Waals surface area contributed by atoms with E-state index in [0.717, 1.165) is 37.1 Å². The third-order valence-electron chi connectivity index (χ3n) is 3.67. The fourth-order valence-electron chi connectivity index (χ4n) is 2.49. The number of hydrogen-bond acceptors (Lipinski definition) is 2. The number of nitrogens with one attached hydrogen (secondary N) is 1. The topological polar surface area (TPSA) is 21.3 Å². The summed E-state index contributed by atoms with van der Waals surface area (Å²) in [4.78, 5) is 0. The molecule has 2 nitrogen and oxygen atoms in total. The van der Waals surface area contributed by atoms with Crippen molar-refractivity contribution in [2.45, 2.75) is 59.5 Å². The van der Waals surface area contributed by atoms with E-state index in [4.69, 9.17) is 4.74 Å². The summed E-state index contributed by atoms with van der Waals surface area (Å²) >= 11 is 0. The molecule has 1 aliphatic carbocycles. The third kappa shape index (κ3) is 7.90. The quantitative estimate of drug-likeness (QED) is 0.758. The van der Waals surface area contributed by atoms with Gasteiger partial charge in [-0.3, -0.25) is 0 Å². The average molecular weight is 311 g/mol. The van der Waals surface area contributed by atoms with Crippen molar-refractivity contribution in [3.63, 3.8) is 0 Å². The first kappa shape index (κ1) is 21.1. The Bertz CT molecular complexity index is 368. The molecule has 1 heterocycles. The average Bonchev–Trinajstić information content (AvgIpc) is 3.11. The zero-order valence-corrected chi connectivity index (χ0v) is 15.0. The molecule has 1 N–H and O–H groups in total. The highest BCUT2D eigenvalue weighted by Gasteiger charge is 2.22. The van der Waals surface area contributed by atoms with Crippen molar-refractivity contribution in [1.29, 1.82) is 0 Å². The molecule has 0 amide bonds. The van der Waals surface area contributed by atoms with Crippen LogP contribution in [0.3, 0.4) is 0 Å². The van der Waals surface area contributed by atoms with Crippen molar-refractivity contribution in [2.75, 3.05) is 20.2 Å². The van der Waals surface area contributed by atoms with Crippen LogP contribution in [0.15, 0.2) is 35.7 Å². The maximum Gasteiger partial charge on any atom is 0.126 e. The van der Waals surface area contributed by atoms with Crippen LogP contribution in [0.1, 0.15) is 53.4 Å². The summed E-state index contributed by atoms with van der Waals surface area (Å²) in [6.07, 6.45) is 8.14. The lowest BCUT2D eigenvalue weighted by Gasteiger charge is -2.05. The van der Waals surface area contributed by atoms with Crippen molar-refractivity contribution in [3.8, 4) is 0 Å². The molecule has 0 bridgehead atoms. The molecule has 0 aromatic carbocycles. The fraction of sp³-hybridized carbons (Fsp3) is 0.684. The second kappa shape index (κ2) is 12.6. The molecule has 3 heteroatoms. The van der Waals surface area contributed by atoms with E-state index >= 15 is 0 Å². The van der Waals surface area contributed by atoms with Crippen molar-refractivity contribution < 1.29 is 9.13 Å².